The first-order chi connectivity index (χ1) is 10.1. The number of rotatable bonds is 6. The summed E-state index contributed by atoms with van der Waals surface area (Å²) in [7, 11) is 1.99. The van der Waals surface area contributed by atoms with Crippen LogP contribution in [0.5, 0.6) is 0 Å². The molecule has 112 valence electrons. The number of carbonyl (C=O) groups excluding carboxylic acids is 1. The zero-order valence-corrected chi connectivity index (χ0v) is 12.9. The molecule has 0 fully saturated rings. The van der Waals surface area contributed by atoms with Crippen LogP contribution in [0.1, 0.15) is 23.8 Å². The summed E-state index contributed by atoms with van der Waals surface area (Å²) in [4.78, 5) is 13.3. The first kappa shape index (κ1) is 15.3. The van der Waals surface area contributed by atoms with E-state index < -0.39 is 0 Å². The van der Waals surface area contributed by atoms with Gasteiger partial charge in [-0.15, -0.1) is 0 Å². The molecule has 0 aliphatic rings. The summed E-state index contributed by atoms with van der Waals surface area (Å²) in [5.41, 5.74) is 3.23. The van der Waals surface area contributed by atoms with Gasteiger partial charge in [-0.3, -0.25) is 4.79 Å². The zero-order chi connectivity index (χ0) is 15.2. The highest BCUT2D eigenvalue weighted by Crippen LogP contribution is 2.20. The number of aryl methyl sites for hydroxylation is 2. The maximum atomic E-state index is 12.2. The molecule has 0 saturated carbocycles. The highest BCUT2D eigenvalue weighted by atomic mass is 16.3. The van der Waals surface area contributed by atoms with Crippen molar-refractivity contribution in [2.45, 2.75) is 26.8 Å². The number of furan rings is 1. The Labute approximate surface area is 125 Å². The fourth-order valence-electron chi connectivity index (χ4n) is 2.43. The lowest BCUT2D eigenvalue weighted by Crippen LogP contribution is -3.08. The number of para-hydroxylation sites is 1. The van der Waals surface area contributed by atoms with Crippen LogP contribution >= 0.6 is 0 Å². The van der Waals surface area contributed by atoms with Crippen molar-refractivity contribution in [1.29, 1.82) is 0 Å². The van der Waals surface area contributed by atoms with Gasteiger partial charge in [0.2, 0.25) is 0 Å². The molecular formula is C17H23N2O2+. The van der Waals surface area contributed by atoms with E-state index in [-0.39, 0.29) is 5.91 Å². The van der Waals surface area contributed by atoms with Crippen LogP contribution in [-0.4, -0.2) is 19.5 Å². The summed E-state index contributed by atoms with van der Waals surface area (Å²) in [6.45, 7) is 5.24. The molecule has 1 aromatic heterocycles. The quantitative estimate of drug-likeness (QED) is 0.851. The fourth-order valence-corrected chi connectivity index (χ4v) is 2.43. The Morgan fingerprint density at radius 1 is 1.29 bits per heavy atom. The van der Waals surface area contributed by atoms with Gasteiger partial charge in [0.25, 0.3) is 5.91 Å². The third kappa shape index (κ3) is 4.20. The second kappa shape index (κ2) is 7.09. The number of benzene rings is 1. The smallest absolute Gasteiger partial charge is 0.279 e. The molecule has 2 aromatic rings. The molecule has 1 heterocycles. The van der Waals surface area contributed by atoms with Crippen molar-refractivity contribution >= 4 is 11.6 Å². The van der Waals surface area contributed by atoms with Crippen LogP contribution in [0.15, 0.2) is 41.0 Å². The van der Waals surface area contributed by atoms with E-state index in [1.807, 2.05) is 38.2 Å². The van der Waals surface area contributed by atoms with E-state index in [2.05, 4.69) is 18.3 Å². The maximum Gasteiger partial charge on any atom is 0.279 e. The van der Waals surface area contributed by atoms with E-state index >= 15 is 0 Å². The molecule has 4 nitrogen and oxygen atoms in total. The van der Waals surface area contributed by atoms with Gasteiger partial charge in [0.1, 0.15) is 6.54 Å². The van der Waals surface area contributed by atoms with Crippen LogP contribution in [0, 0.1) is 6.92 Å². The number of quaternary nitrogens is 1. The lowest BCUT2D eigenvalue weighted by molar-refractivity contribution is -0.886. The molecule has 0 radical (unpaired) electrons. The van der Waals surface area contributed by atoms with Gasteiger partial charge in [-0.25, -0.2) is 0 Å². The molecule has 21 heavy (non-hydrogen) atoms. The van der Waals surface area contributed by atoms with Crippen LogP contribution in [0.4, 0.5) is 5.69 Å². The predicted octanol–water partition coefficient (Wildman–Crippen LogP) is 1.80. The average Bonchev–Trinajstić information content (AvgIpc) is 2.93. The van der Waals surface area contributed by atoms with Gasteiger partial charge in [-0.2, -0.15) is 0 Å². The Balaban J connectivity index is 1.95. The Hall–Kier alpha value is -2.07. The minimum atomic E-state index is 0.0306. The second-order valence-electron chi connectivity index (χ2n) is 5.40. The molecule has 2 rings (SSSR count). The van der Waals surface area contributed by atoms with Crippen LogP contribution in [0.3, 0.4) is 0 Å². The van der Waals surface area contributed by atoms with Crippen LogP contribution in [0.25, 0.3) is 0 Å². The van der Waals surface area contributed by atoms with E-state index in [1.54, 1.807) is 6.26 Å². The Morgan fingerprint density at radius 3 is 2.76 bits per heavy atom. The van der Waals surface area contributed by atoms with Crippen LogP contribution in [-0.2, 0) is 17.8 Å². The second-order valence-corrected chi connectivity index (χ2v) is 5.40. The number of hydrogen-bond donors (Lipinski definition) is 2. The van der Waals surface area contributed by atoms with Crippen molar-refractivity contribution in [1.82, 2.24) is 0 Å². The molecule has 0 aliphatic carbocycles. The van der Waals surface area contributed by atoms with E-state index in [1.165, 1.54) is 5.56 Å². The minimum absolute atomic E-state index is 0.0306. The number of carbonyl (C=O) groups is 1. The predicted molar refractivity (Wildman–Crippen MR) is 83.4 cm³/mol. The lowest BCUT2D eigenvalue weighted by atomic mass is 10.1. The Bertz CT molecular complexity index is 591. The van der Waals surface area contributed by atoms with E-state index in [0.29, 0.717) is 13.1 Å². The van der Waals surface area contributed by atoms with Gasteiger partial charge >= 0.3 is 0 Å². The van der Waals surface area contributed by atoms with Crippen molar-refractivity contribution < 1.29 is 14.1 Å². The first-order valence-corrected chi connectivity index (χ1v) is 7.32. The molecule has 0 bridgehead atoms. The zero-order valence-electron chi connectivity index (χ0n) is 12.9. The first-order valence-electron chi connectivity index (χ1n) is 7.32. The minimum Gasteiger partial charge on any atom is -0.463 e. The molecule has 1 atom stereocenters. The van der Waals surface area contributed by atoms with Gasteiger partial charge in [0.15, 0.2) is 12.3 Å². The van der Waals surface area contributed by atoms with E-state index in [9.17, 15) is 4.79 Å². The van der Waals surface area contributed by atoms with E-state index in [4.69, 9.17) is 4.42 Å². The molecular weight excluding hydrogens is 264 g/mol. The van der Waals surface area contributed by atoms with Crippen molar-refractivity contribution in [3.05, 3.63) is 53.5 Å². The molecule has 0 spiro atoms. The van der Waals surface area contributed by atoms with Gasteiger partial charge in [0.05, 0.1) is 13.3 Å². The number of amides is 1. The molecule has 1 unspecified atom stereocenters. The van der Waals surface area contributed by atoms with Crippen molar-refractivity contribution in [3.8, 4) is 0 Å². The highest BCUT2D eigenvalue weighted by Gasteiger charge is 2.14. The SMILES string of the molecule is CCc1cccc(C)c1NC(=O)C[NH+](C)Cc1ccco1. The lowest BCUT2D eigenvalue weighted by Gasteiger charge is -2.15. The monoisotopic (exact) mass is 287 g/mol. The van der Waals surface area contributed by atoms with Crippen LogP contribution < -0.4 is 10.2 Å². The molecule has 4 heteroatoms. The molecule has 0 aliphatic heterocycles. The largest absolute Gasteiger partial charge is 0.463 e. The summed E-state index contributed by atoms with van der Waals surface area (Å²) < 4.78 is 5.31. The third-order valence-corrected chi connectivity index (χ3v) is 3.52. The van der Waals surface area contributed by atoms with Gasteiger partial charge in [-0.05, 0) is 36.6 Å². The Kier molecular flexibility index (Phi) is 5.17. The number of hydrogen-bond acceptors (Lipinski definition) is 2. The highest BCUT2D eigenvalue weighted by molar-refractivity contribution is 5.93. The summed E-state index contributed by atoms with van der Waals surface area (Å²) in [5.74, 6) is 0.925. The fraction of sp³-hybridized carbons (Fsp3) is 0.353. The standard InChI is InChI=1S/C17H22N2O2/c1-4-14-8-5-7-13(2)17(14)18-16(20)12-19(3)11-15-9-6-10-21-15/h5-10H,4,11-12H2,1-3H3,(H,18,20)/p+1. The Morgan fingerprint density at radius 2 is 2.10 bits per heavy atom. The summed E-state index contributed by atoms with van der Waals surface area (Å²) in [5, 5.41) is 3.05. The molecule has 2 N–H and O–H groups in total. The van der Waals surface area contributed by atoms with Crippen LogP contribution in [0.2, 0.25) is 0 Å². The average molecular weight is 287 g/mol. The summed E-state index contributed by atoms with van der Waals surface area (Å²) in [6, 6.07) is 9.90. The van der Waals surface area contributed by atoms with E-state index in [0.717, 1.165) is 28.3 Å². The summed E-state index contributed by atoms with van der Waals surface area (Å²) >= 11 is 0. The number of anilines is 1. The summed E-state index contributed by atoms with van der Waals surface area (Å²) in [6.07, 6.45) is 2.57. The third-order valence-electron chi connectivity index (χ3n) is 3.52. The number of likely N-dealkylation sites (N-methyl/N-ethyl adjacent to an activating group) is 1. The number of nitrogens with one attached hydrogen (secondary N) is 2. The maximum absolute atomic E-state index is 12.2. The molecule has 1 amide bonds. The molecule has 0 saturated heterocycles. The van der Waals surface area contributed by atoms with Crippen molar-refractivity contribution in [3.63, 3.8) is 0 Å². The topological polar surface area (TPSA) is 46.7 Å². The van der Waals surface area contributed by atoms with Gasteiger partial charge in [-0.1, -0.05) is 25.1 Å². The van der Waals surface area contributed by atoms with Gasteiger partial charge < -0.3 is 14.6 Å². The normalized spacial score (nSPS) is 12.1. The van der Waals surface area contributed by atoms with Gasteiger partial charge in [0, 0.05) is 5.69 Å². The van der Waals surface area contributed by atoms with Crippen molar-refractivity contribution in [2.24, 2.45) is 0 Å². The van der Waals surface area contributed by atoms with Crippen molar-refractivity contribution in [2.75, 3.05) is 18.9 Å². The molecule has 1 aromatic carbocycles.